The molecule has 8 heteroatoms. The summed E-state index contributed by atoms with van der Waals surface area (Å²) < 4.78 is 19.9. The highest BCUT2D eigenvalue weighted by Gasteiger charge is 2.31. The quantitative estimate of drug-likeness (QED) is 0.583. The van der Waals surface area contributed by atoms with E-state index in [1.807, 2.05) is 19.9 Å². The van der Waals surface area contributed by atoms with Crippen molar-refractivity contribution in [3.05, 3.63) is 64.0 Å². The maximum atomic E-state index is 14.9. The van der Waals surface area contributed by atoms with Gasteiger partial charge in [-0.05, 0) is 63.8 Å². The number of halogens is 1. The van der Waals surface area contributed by atoms with Crippen molar-refractivity contribution in [2.45, 2.75) is 46.8 Å². The molecule has 0 heterocycles. The number of rotatable bonds is 5. The number of carbonyl (C=O) groups excluding carboxylic acids is 2. The van der Waals surface area contributed by atoms with Gasteiger partial charge in [-0.2, -0.15) is 0 Å². The molecule has 2 amide bonds. The summed E-state index contributed by atoms with van der Waals surface area (Å²) in [5.74, 6) is -2.10. The average molecular weight is 413 g/mol. The molecular weight excluding hydrogens is 386 g/mol. The molecule has 0 atom stereocenters. The molecular formula is C22H27BFN2O4. The number of nitrogens with one attached hydrogen (secondary N) is 1. The Morgan fingerprint density at radius 1 is 1.17 bits per heavy atom. The van der Waals surface area contributed by atoms with Crippen molar-refractivity contribution in [1.82, 2.24) is 10.4 Å². The van der Waals surface area contributed by atoms with Gasteiger partial charge in [0.1, 0.15) is 5.82 Å². The lowest BCUT2D eigenvalue weighted by molar-refractivity contribution is 0.0357. The molecule has 2 aromatic carbocycles. The third-order valence-corrected chi connectivity index (χ3v) is 4.50. The Hall–Kier alpha value is -2.71. The van der Waals surface area contributed by atoms with Crippen molar-refractivity contribution in [1.29, 1.82) is 0 Å². The second-order valence-corrected chi connectivity index (χ2v) is 8.19. The molecule has 2 rings (SSSR count). The van der Waals surface area contributed by atoms with Gasteiger partial charge in [-0.25, -0.2) is 9.40 Å². The van der Waals surface area contributed by atoms with Crippen LogP contribution in [0.2, 0.25) is 0 Å². The van der Waals surface area contributed by atoms with E-state index in [4.69, 9.17) is 4.74 Å². The van der Waals surface area contributed by atoms with Crippen LogP contribution in [0.25, 0.3) is 0 Å². The van der Waals surface area contributed by atoms with E-state index < -0.39 is 23.2 Å². The molecule has 0 bridgehead atoms. The molecule has 0 aliphatic rings. The van der Waals surface area contributed by atoms with Crippen LogP contribution in [0.15, 0.2) is 30.3 Å². The van der Waals surface area contributed by atoms with Gasteiger partial charge < -0.3 is 9.76 Å². The van der Waals surface area contributed by atoms with E-state index in [-0.39, 0.29) is 17.6 Å². The molecule has 0 spiro atoms. The predicted molar refractivity (Wildman–Crippen MR) is 114 cm³/mol. The second-order valence-electron chi connectivity index (χ2n) is 8.19. The zero-order valence-corrected chi connectivity index (χ0v) is 18.2. The van der Waals surface area contributed by atoms with Crippen LogP contribution in [0.3, 0.4) is 0 Å². The van der Waals surface area contributed by atoms with Crippen molar-refractivity contribution in [2.75, 3.05) is 7.11 Å². The molecule has 2 aromatic rings. The van der Waals surface area contributed by atoms with E-state index >= 15 is 0 Å². The zero-order valence-electron chi connectivity index (χ0n) is 18.2. The Morgan fingerprint density at radius 3 is 2.27 bits per heavy atom. The highest BCUT2D eigenvalue weighted by Crippen LogP contribution is 2.18. The standard InChI is InChI=1S/C22H27BFN2O4/c1-13-9-14(2)11-16(10-13)21(28)26(22(3,4)5)25-20(27)17-8-7-15(12-30-6)18(23-29)19(17)24/h7-11,29H,12H2,1-6H3,(H,25,27). The first kappa shape index (κ1) is 23.6. The van der Waals surface area contributed by atoms with Crippen LogP contribution < -0.4 is 10.9 Å². The minimum atomic E-state index is -0.891. The first-order valence-electron chi connectivity index (χ1n) is 9.51. The molecule has 0 aliphatic carbocycles. The fourth-order valence-corrected chi connectivity index (χ4v) is 3.14. The number of nitrogens with zero attached hydrogens (tertiary/aromatic N) is 1. The fourth-order valence-electron chi connectivity index (χ4n) is 3.14. The monoisotopic (exact) mass is 413 g/mol. The SMILES string of the molecule is COCc1ccc(C(=O)NN(C(=O)c2cc(C)cc(C)c2)C(C)(C)C)c(F)c1[B]O. The summed E-state index contributed by atoms with van der Waals surface area (Å²) in [6.07, 6.45) is 0. The summed E-state index contributed by atoms with van der Waals surface area (Å²) in [7, 11) is 2.04. The Morgan fingerprint density at radius 2 is 1.77 bits per heavy atom. The topological polar surface area (TPSA) is 78.9 Å². The van der Waals surface area contributed by atoms with E-state index in [0.29, 0.717) is 18.6 Å². The number of hydrazine groups is 1. The Labute approximate surface area is 177 Å². The van der Waals surface area contributed by atoms with Crippen molar-refractivity contribution >= 4 is 24.8 Å². The van der Waals surface area contributed by atoms with E-state index in [1.54, 1.807) is 32.9 Å². The van der Waals surface area contributed by atoms with E-state index in [0.717, 1.165) is 11.1 Å². The predicted octanol–water partition coefficient (Wildman–Crippen LogP) is 2.41. The molecule has 1 radical (unpaired) electrons. The summed E-state index contributed by atoms with van der Waals surface area (Å²) >= 11 is 0. The number of ether oxygens (including phenoxy) is 1. The highest BCUT2D eigenvalue weighted by atomic mass is 19.1. The first-order valence-corrected chi connectivity index (χ1v) is 9.51. The van der Waals surface area contributed by atoms with Gasteiger partial charge in [0, 0.05) is 12.7 Å². The lowest BCUT2D eigenvalue weighted by Crippen LogP contribution is -2.56. The van der Waals surface area contributed by atoms with E-state index in [2.05, 4.69) is 5.43 Å². The summed E-state index contributed by atoms with van der Waals surface area (Å²) in [4.78, 5) is 26.0. The lowest BCUT2D eigenvalue weighted by Gasteiger charge is -2.35. The van der Waals surface area contributed by atoms with Gasteiger partial charge in [-0.3, -0.25) is 15.0 Å². The smallest absolute Gasteiger partial charge is 0.330 e. The molecule has 2 N–H and O–H groups in total. The Kier molecular flexibility index (Phi) is 7.39. The zero-order chi connectivity index (χ0) is 22.6. The molecule has 6 nitrogen and oxygen atoms in total. The van der Waals surface area contributed by atoms with Gasteiger partial charge in [-0.1, -0.05) is 23.3 Å². The molecule has 0 fully saturated rings. The number of benzene rings is 2. The molecule has 159 valence electrons. The number of hydrogen-bond donors (Lipinski definition) is 2. The van der Waals surface area contributed by atoms with Crippen LogP contribution >= 0.6 is 0 Å². The largest absolute Gasteiger partial charge is 0.450 e. The number of amides is 2. The van der Waals surface area contributed by atoms with Crippen molar-refractivity contribution in [2.24, 2.45) is 0 Å². The number of hydrogen-bond acceptors (Lipinski definition) is 4. The lowest BCUT2D eigenvalue weighted by atomic mass is 9.82. The third-order valence-electron chi connectivity index (χ3n) is 4.50. The van der Waals surface area contributed by atoms with Gasteiger partial charge in [0.15, 0.2) is 0 Å². The van der Waals surface area contributed by atoms with Gasteiger partial charge in [0.2, 0.25) is 0 Å². The van der Waals surface area contributed by atoms with Crippen LogP contribution in [0.1, 0.15) is 58.2 Å². The maximum Gasteiger partial charge on any atom is 0.330 e. The summed E-state index contributed by atoms with van der Waals surface area (Å²) in [5.41, 5.74) is 3.98. The fraction of sp³-hybridized carbons (Fsp3) is 0.364. The average Bonchev–Trinajstić information content (AvgIpc) is 2.64. The summed E-state index contributed by atoms with van der Waals surface area (Å²) in [6.45, 7) is 9.13. The van der Waals surface area contributed by atoms with Gasteiger partial charge in [0.05, 0.1) is 17.7 Å². The first-order chi connectivity index (χ1) is 14.0. The minimum absolute atomic E-state index is 0.0739. The number of aryl methyl sites for hydroxylation is 2. The van der Waals surface area contributed by atoms with Crippen molar-refractivity contribution in [3.8, 4) is 0 Å². The van der Waals surface area contributed by atoms with Crippen LogP contribution in [0.5, 0.6) is 0 Å². The molecule has 0 unspecified atom stereocenters. The summed E-state index contributed by atoms with van der Waals surface area (Å²) in [5, 5.41) is 10.6. The molecule has 0 saturated heterocycles. The van der Waals surface area contributed by atoms with Crippen LogP contribution in [-0.4, -0.2) is 42.0 Å². The van der Waals surface area contributed by atoms with Gasteiger partial charge >= 0.3 is 7.48 Å². The second kappa shape index (κ2) is 9.41. The molecule has 0 aromatic heterocycles. The Balaban J connectivity index is 2.40. The van der Waals surface area contributed by atoms with E-state index in [9.17, 15) is 19.0 Å². The third kappa shape index (κ3) is 5.26. The van der Waals surface area contributed by atoms with Crippen molar-refractivity contribution in [3.63, 3.8) is 0 Å². The molecule has 30 heavy (non-hydrogen) atoms. The number of methoxy groups -OCH3 is 1. The number of carbonyl (C=O) groups is 2. The normalized spacial score (nSPS) is 11.2. The highest BCUT2D eigenvalue weighted by molar-refractivity contribution is 6.46. The molecule has 0 aliphatic heterocycles. The summed E-state index contributed by atoms with van der Waals surface area (Å²) in [6, 6.07) is 8.21. The van der Waals surface area contributed by atoms with Gasteiger partial charge in [0.25, 0.3) is 11.8 Å². The van der Waals surface area contributed by atoms with E-state index in [1.165, 1.54) is 24.3 Å². The Bertz CT molecular complexity index is 937. The van der Waals surface area contributed by atoms with Crippen LogP contribution in [0.4, 0.5) is 4.39 Å². The maximum absolute atomic E-state index is 14.9. The minimum Gasteiger partial charge on any atom is -0.450 e. The van der Waals surface area contributed by atoms with Crippen LogP contribution in [-0.2, 0) is 11.3 Å². The van der Waals surface area contributed by atoms with Gasteiger partial charge in [-0.15, -0.1) is 0 Å². The van der Waals surface area contributed by atoms with Crippen LogP contribution in [0, 0.1) is 19.7 Å². The van der Waals surface area contributed by atoms with Crippen molar-refractivity contribution < 1.29 is 23.7 Å². The molecule has 0 saturated carbocycles.